The summed E-state index contributed by atoms with van der Waals surface area (Å²) in [6.07, 6.45) is -0.795. The highest BCUT2D eigenvalue weighted by Crippen LogP contribution is 2.15. The lowest BCUT2D eigenvalue weighted by Crippen LogP contribution is -2.33. The molecule has 5 heteroatoms. The van der Waals surface area contributed by atoms with Crippen molar-refractivity contribution < 1.29 is 18.6 Å². The molecular formula is C17H19F2NO2. The Morgan fingerprint density at radius 3 is 2.36 bits per heavy atom. The van der Waals surface area contributed by atoms with E-state index in [4.69, 9.17) is 4.74 Å². The zero-order valence-electron chi connectivity index (χ0n) is 12.4. The van der Waals surface area contributed by atoms with Gasteiger partial charge in [0.2, 0.25) is 0 Å². The Bertz CT molecular complexity index is 607. The molecule has 0 bridgehead atoms. The zero-order valence-corrected chi connectivity index (χ0v) is 12.4. The van der Waals surface area contributed by atoms with Crippen LogP contribution in [0, 0.1) is 11.6 Å². The summed E-state index contributed by atoms with van der Waals surface area (Å²) >= 11 is 0. The molecule has 0 aromatic heterocycles. The van der Waals surface area contributed by atoms with Crippen molar-refractivity contribution in [3.63, 3.8) is 0 Å². The van der Waals surface area contributed by atoms with Crippen LogP contribution in [0.2, 0.25) is 0 Å². The van der Waals surface area contributed by atoms with Gasteiger partial charge in [-0.05, 0) is 25.2 Å². The van der Waals surface area contributed by atoms with Crippen LogP contribution in [0.5, 0.6) is 5.75 Å². The number of benzene rings is 2. The average Bonchev–Trinajstić information content (AvgIpc) is 2.49. The van der Waals surface area contributed by atoms with Gasteiger partial charge in [0.15, 0.2) is 11.6 Å². The summed E-state index contributed by atoms with van der Waals surface area (Å²) in [6.45, 7) is 0.648. The van der Waals surface area contributed by atoms with E-state index in [1.807, 2.05) is 0 Å². The second-order valence-corrected chi connectivity index (χ2v) is 5.18. The number of para-hydroxylation sites is 1. The van der Waals surface area contributed by atoms with Gasteiger partial charge in [-0.1, -0.05) is 30.3 Å². The fourth-order valence-corrected chi connectivity index (χ4v) is 2.14. The molecule has 1 atom stereocenters. The van der Waals surface area contributed by atoms with Crippen molar-refractivity contribution in [1.29, 1.82) is 0 Å². The minimum atomic E-state index is -0.795. The topological polar surface area (TPSA) is 32.7 Å². The summed E-state index contributed by atoms with van der Waals surface area (Å²) in [7, 11) is 1.78. The zero-order chi connectivity index (χ0) is 15.9. The fourth-order valence-electron chi connectivity index (χ4n) is 2.14. The van der Waals surface area contributed by atoms with E-state index >= 15 is 0 Å². The van der Waals surface area contributed by atoms with Gasteiger partial charge in [-0.25, -0.2) is 8.78 Å². The molecule has 22 heavy (non-hydrogen) atoms. The van der Waals surface area contributed by atoms with Crippen LogP contribution in [0.15, 0.2) is 48.5 Å². The van der Waals surface area contributed by atoms with Gasteiger partial charge in [0.1, 0.15) is 18.5 Å². The van der Waals surface area contributed by atoms with E-state index in [1.165, 1.54) is 18.2 Å². The standard InChI is InChI=1S/C17H19F2NO2/c1-20(10-13-6-2-3-7-15(13)18)11-14(21)12-22-17-9-5-4-8-16(17)19/h2-9,14,21H,10-12H2,1H3. The summed E-state index contributed by atoms with van der Waals surface area (Å²) in [6, 6.07) is 12.5. The van der Waals surface area contributed by atoms with Gasteiger partial charge < -0.3 is 9.84 Å². The number of ether oxygens (including phenoxy) is 1. The highest BCUT2D eigenvalue weighted by molar-refractivity contribution is 5.23. The van der Waals surface area contributed by atoms with Gasteiger partial charge in [-0.15, -0.1) is 0 Å². The van der Waals surface area contributed by atoms with Crippen LogP contribution < -0.4 is 4.74 Å². The fraction of sp³-hybridized carbons (Fsp3) is 0.294. The van der Waals surface area contributed by atoms with Crippen LogP contribution in [0.3, 0.4) is 0 Å². The van der Waals surface area contributed by atoms with Crippen molar-refractivity contribution in [2.24, 2.45) is 0 Å². The summed E-state index contributed by atoms with van der Waals surface area (Å²) < 4.78 is 32.2. The minimum absolute atomic E-state index is 0.0253. The smallest absolute Gasteiger partial charge is 0.165 e. The van der Waals surface area contributed by atoms with Crippen molar-refractivity contribution in [3.8, 4) is 5.75 Å². The van der Waals surface area contributed by atoms with Crippen molar-refractivity contribution >= 4 is 0 Å². The molecule has 2 aromatic carbocycles. The first-order chi connectivity index (χ1) is 10.6. The largest absolute Gasteiger partial charge is 0.488 e. The van der Waals surface area contributed by atoms with Crippen LogP contribution in [-0.2, 0) is 6.54 Å². The lowest BCUT2D eigenvalue weighted by atomic mass is 10.2. The van der Waals surface area contributed by atoms with Gasteiger partial charge in [-0.2, -0.15) is 0 Å². The highest BCUT2D eigenvalue weighted by Gasteiger charge is 2.12. The molecule has 2 rings (SSSR count). The highest BCUT2D eigenvalue weighted by atomic mass is 19.1. The number of likely N-dealkylation sites (N-methyl/N-ethyl adjacent to an activating group) is 1. The van der Waals surface area contributed by atoms with E-state index in [-0.39, 0.29) is 18.2 Å². The molecule has 0 aliphatic heterocycles. The molecule has 3 nitrogen and oxygen atoms in total. The van der Waals surface area contributed by atoms with Gasteiger partial charge >= 0.3 is 0 Å². The third-order valence-electron chi connectivity index (χ3n) is 3.19. The first-order valence-electron chi connectivity index (χ1n) is 7.03. The maximum Gasteiger partial charge on any atom is 0.165 e. The monoisotopic (exact) mass is 307 g/mol. The number of aliphatic hydroxyl groups is 1. The van der Waals surface area contributed by atoms with Crippen LogP contribution in [0.1, 0.15) is 5.56 Å². The predicted octanol–water partition coefficient (Wildman–Crippen LogP) is 2.84. The van der Waals surface area contributed by atoms with Crippen molar-refractivity contribution in [2.45, 2.75) is 12.6 Å². The molecule has 0 fully saturated rings. The Hall–Kier alpha value is -1.98. The Morgan fingerprint density at radius 1 is 1.05 bits per heavy atom. The van der Waals surface area contributed by atoms with Crippen LogP contribution >= 0.6 is 0 Å². The van der Waals surface area contributed by atoms with Gasteiger partial charge in [0.25, 0.3) is 0 Å². The van der Waals surface area contributed by atoms with Crippen molar-refractivity contribution in [2.75, 3.05) is 20.2 Å². The molecule has 0 saturated carbocycles. The normalized spacial score (nSPS) is 12.4. The molecule has 118 valence electrons. The minimum Gasteiger partial charge on any atom is -0.488 e. The van der Waals surface area contributed by atoms with E-state index in [0.29, 0.717) is 18.7 Å². The lowest BCUT2D eigenvalue weighted by molar-refractivity contribution is 0.0725. The number of hydrogen-bond acceptors (Lipinski definition) is 3. The number of halogens is 2. The molecule has 0 aliphatic carbocycles. The average molecular weight is 307 g/mol. The maximum absolute atomic E-state index is 13.5. The van der Waals surface area contributed by atoms with Crippen LogP contribution in [0.25, 0.3) is 0 Å². The molecule has 0 radical (unpaired) electrons. The van der Waals surface area contributed by atoms with E-state index in [9.17, 15) is 13.9 Å². The van der Waals surface area contributed by atoms with E-state index < -0.39 is 11.9 Å². The van der Waals surface area contributed by atoms with Crippen LogP contribution in [0.4, 0.5) is 8.78 Å². The molecule has 2 aromatic rings. The van der Waals surface area contributed by atoms with E-state index in [0.717, 1.165) is 0 Å². The number of nitrogens with zero attached hydrogens (tertiary/aromatic N) is 1. The maximum atomic E-state index is 13.5. The van der Waals surface area contributed by atoms with Gasteiger partial charge in [0.05, 0.1) is 0 Å². The number of rotatable bonds is 7. The first kappa shape index (κ1) is 16.4. The van der Waals surface area contributed by atoms with E-state index in [2.05, 4.69) is 0 Å². The molecular weight excluding hydrogens is 288 g/mol. The van der Waals surface area contributed by atoms with Gasteiger partial charge in [0, 0.05) is 18.7 Å². The first-order valence-corrected chi connectivity index (χ1v) is 7.03. The van der Waals surface area contributed by atoms with Crippen LogP contribution in [-0.4, -0.2) is 36.3 Å². The molecule has 1 unspecified atom stereocenters. The SMILES string of the molecule is CN(Cc1ccccc1F)CC(O)COc1ccccc1F. The third kappa shape index (κ3) is 4.79. The Labute approximate surface area is 128 Å². The summed E-state index contributed by atoms with van der Waals surface area (Å²) in [4.78, 5) is 1.79. The lowest BCUT2D eigenvalue weighted by Gasteiger charge is -2.21. The predicted molar refractivity (Wildman–Crippen MR) is 80.6 cm³/mol. The second-order valence-electron chi connectivity index (χ2n) is 5.18. The Morgan fingerprint density at radius 2 is 1.68 bits per heavy atom. The molecule has 0 heterocycles. The third-order valence-corrected chi connectivity index (χ3v) is 3.19. The summed E-state index contributed by atoms with van der Waals surface area (Å²) in [5.74, 6) is -0.626. The molecule has 1 N–H and O–H groups in total. The molecule has 0 amide bonds. The number of hydrogen-bond donors (Lipinski definition) is 1. The summed E-state index contributed by atoms with van der Waals surface area (Å²) in [5, 5.41) is 9.94. The van der Waals surface area contributed by atoms with Crippen molar-refractivity contribution in [3.05, 3.63) is 65.7 Å². The molecule has 0 aliphatic rings. The quantitative estimate of drug-likeness (QED) is 0.854. The van der Waals surface area contributed by atoms with Gasteiger partial charge in [-0.3, -0.25) is 4.90 Å². The summed E-state index contributed by atoms with van der Waals surface area (Å²) in [5.41, 5.74) is 0.562. The number of aliphatic hydroxyl groups excluding tert-OH is 1. The Kier molecular flexibility index (Phi) is 5.86. The molecule has 0 saturated heterocycles. The van der Waals surface area contributed by atoms with E-state index in [1.54, 1.807) is 42.3 Å². The van der Waals surface area contributed by atoms with Crippen molar-refractivity contribution in [1.82, 2.24) is 4.90 Å². The Balaban J connectivity index is 1.80. The molecule has 0 spiro atoms. The second kappa shape index (κ2) is 7.87.